The van der Waals surface area contributed by atoms with E-state index in [4.69, 9.17) is 4.42 Å². The van der Waals surface area contributed by atoms with Gasteiger partial charge in [0.2, 0.25) is 0 Å². The number of fused-ring (bicyclic) bond motifs is 1. The number of hydrogen-bond donors (Lipinski definition) is 0. The summed E-state index contributed by atoms with van der Waals surface area (Å²) in [6.07, 6.45) is 5.61. The van der Waals surface area contributed by atoms with Crippen LogP contribution in [0.3, 0.4) is 0 Å². The third-order valence-electron chi connectivity index (χ3n) is 2.51. The molecule has 0 amide bonds. The normalized spacial score (nSPS) is 11.1. The highest BCUT2D eigenvalue weighted by Gasteiger charge is 2.07. The molecular weight excluding hydrogens is 268 g/mol. The van der Waals surface area contributed by atoms with Gasteiger partial charge in [-0.3, -0.25) is 0 Å². The molecule has 3 rings (SSSR count). The molecule has 16 heavy (non-hydrogen) atoms. The first-order chi connectivity index (χ1) is 7.74. The van der Waals surface area contributed by atoms with E-state index in [1.165, 1.54) is 5.56 Å². The van der Waals surface area contributed by atoms with Gasteiger partial charge in [-0.15, -0.1) is 0 Å². The van der Waals surface area contributed by atoms with Gasteiger partial charge >= 0.3 is 0 Å². The van der Waals surface area contributed by atoms with E-state index in [-0.39, 0.29) is 0 Å². The fourth-order valence-corrected chi connectivity index (χ4v) is 1.98. The summed E-state index contributed by atoms with van der Waals surface area (Å²) in [5, 5.41) is 0. The molecule has 0 aliphatic heterocycles. The van der Waals surface area contributed by atoms with Gasteiger partial charge in [-0.25, -0.2) is 4.98 Å². The number of nitrogens with zero attached hydrogens (tertiary/aromatic N) is 2. The van der Waals surface area contributed by atoms with Crippen molar-refractivity contribution < 1.29 is 4.42 Å². The van der Waals surface area contributed by atoms with E-state index in [1.54, 1.807) is 6.26 Å². The van der Waals surface area contributed by atoms with Crippen molar-refractivity contribution >= 4 is 21.6 Å². The maximum atomic E-state index is 5.32. The first kappa shape index (κ1) is 9.66. The maximum absolute atomic E-state index is 5.32. The topological polar surface area (TPSA) is 30.4 Å². The van der Waals surface area contributed by atoms with Crippen LogP contribution in [0.1, 0.15) is 5.56 Å². The van der Waals surface area contributed by atoms with Crippen molar-refractivity contribution in [1.82, 2.24) is 9.38 Å². The highest BCUT2D eigenvalue weighted by molar-refractivity contribution is 9.10. The summed E-state index contributed by atoms with van der Waals surface area (Å²) in [6.45, 7) is 2.05. The SMILES string of the molecule is Cc1cc2nc(-c3ccco3)cn2cc1Br. The van der Waals surface area contributed by atoms with Crippen molar-refractivity contribution in [2.24, 2.45) is 0 Å². The second-order valence-corrected chi connectivity index (χ2v) is 4.53. The molecule has 0 radical (unpaired) electrons. The molecule has 0 saturated heterocycles. The summed E-state index contributed by atoms with van der Waals surface area (Å²) in [5.74, 6) is 0.789. The Hall–Kier alpha value is -1.55. The fourth-order valence-electron chi connectivity index (χ4n) is 1.65. The molecule has 3 heterocycles. The van der Waals surface area contributed by atoms with E-state index < -0.39 is 0 Å². The molecule has 0 aliphatic rings. The molecule has 3 aromatic heterocycles. The van der Waals surface area contributed by atoms with E-state index >= 15 is 0 Å². The standard InChI is InChI=1S/C12H9BrN2O/c1-8-5-12-14-10(11-3-2-4-16-11)7-15(12)6-9(8)13/h2-7H,1H3. The summed E-state index contributed by atoms with van der Waals surface area (Å²) in [4.78, 5) is 4.51. The van der Waals surface area contributed by atoms with Crippen molar-refractivity contribution in [2.45, 2.75) is 6.92 Å². The lowest BCUT2D eigenvalue weighted by atomic mass is 10.3. The third-order valence-corrected chi connectivity index (χ3v) is 3.34. The summed E-state index contributed by atoms with van der Waals surface area (Å²) < 4.78 is 8.38. The Morgan fingerprint density at radius 1 is 1.38 bits per heavy atom. The zero-order valence-electron chi connectivity index (χ0n) is 8.64. The number of furan rings is 1. The zero-order valence-corrected chi connectivity index (χ0v) is 10.2. The monoisotopic (exact) mass is 276 g/mol. The summed E-state index contributed by atoms with van der Waals surface area (Å²) in [5.41, 5.74) is 2.94. The highest BCUT2D eigenvalue weighted by Crippen LogP contribution is 2.22. The van der Waals surface area contributed by atoms with E-state index in [1.807, 2.05) is 41.9 Å². The maximum Gasteiger partial charge on any atom is 0.153 e. The molecule has 0 N–H and O–H groups in total. The lowest BCUT2D eigenvalue weighted by Gasteiger charge is -1.98. The minimum atomic E-state index is 0.789. The molecule has 80 valence electrons. The first-order valence-corrected chi connectivity index (χ1v) is 5.72. The second-order valence-electron chi connectivity index (χ2n) is 3.67. The Bertz CT molecular complexity index is 601. The van der Waals surface area contributed by atoms with Crippen LogP contribution in [0.2, 0.25) is 0 Å². The van der Waals surface area contributed by atoms with Crippen LogP contribution in [-0.4, -0.2) is 9.38 Å². The Kier molecular flexibility index (Phi) is 2.11. The third kappa shape index (κ3) is 1.46. The van der Waals surface area contributed by atoms with Crippen molar-refractivity contribution in [3.05, 3.63) is 46.9 Å². The van der Waals surface area contributed by atoms with Crippen LogP contribution in [0.5, 0.6) is 0 Å². The Balaban J connectivity index is 2.23. The molecule has 4 heteroatoms. The van der Waals surface area contributed by atoms with E-state index in [9.17, 15) is 0 Å². The molecule has 3 aromatic rings. The number of imidazole rings is 1. The smallest absolute Gasteiger partial charge is 0.153 e. The Labute approximate surface area is 101 Å². The van der Waals surface area contributed by atoms with Crippen LogP contribution in [0.25, 0.3) is 17.1 Å². The molecule has 0 spiro atoms. The molecule has 0 aromatic carbocycles. The van der Waals surface area contributed by atoms with Crippen LogP contribution in [0, 0.1) is 6.92 Å². The molecular formula is C12H9BrN2O. The first-order valence-electron chi connectivity index (χ1n) is 4.93. The van der Waals surface area contributed by atoms with Crippen molar-refractivity contribution in [3.63, 3.8) is 0 Å². The van der Waals surface area contributed by atoms with Crippen LogP contribution < -0.4 is 0 Å². The van der Waals surface area contributed by atoms with Crippen LogP contribution in [-0.2, 0) is 0 Å². The number of aromatic nitrogens is 2. The van der Waals surface area contributed by atoms with E-state index in [0.717, 1.165) is 21.6 Å². The molecule has 0 unspecified atom stereocenters. The molecule has 3 nitrogen and oxygen atoms in total. The van der Waals surface area contributed by atoms with Crippen molar-refractivity contribution in [3.8, 4) is 11.5 Å². The molecule has 0 bridgehead atoms. The highest BCUT2D eigenvalue weighted by atomic mass is 79.9. The summed E-state index contributed by atoms with van der Waals surface area (Å²) in [6, 6.07) is 5.81. The number of hydrogen-bond acceptors (Lipinski definition) is 2. The van der Waals surface area contributed by atoms with Crippen LogP contribution in [0.4, 0.5) is 0 Å². The van der Waals surface area contributed by atoms with Crippen molar-refractivity contribution in [1.29, 1.82) is 0 Å². The summed E-state index contributed by atoms with van der Waals surface area (Å²) >= 11 is 3.50. The molecule has 0 atom stereocenters. The predicted molar refractivity (Wildman–Crippen MR) is 65.3 cm³/mol. The predicted octanol–water partition coefficient (Wildman–Crippen LogP) is 3.67. The summed E-state index contributed by atoms with van der Waals surface area (Å²) in [7, 11) is 0. The fraction of sp³-hybridized carbons (Fsp3) is 0.0833. The van der Waals surface area contributed by atoms with Gasteiger partial charge in [0, 0.05) is 16.9 Å². The quantitative estimate of drug-likeness (QED) is 0.679. The van der Waals surface area contributed by atoms with Gasteiger partial charge in [0.1, 0.15) is 11.3 Å². The minimum absolute atomic E-state index is 0.789. The van der Waals surface area contributed by atoms with Gasteiger partial charge in [0.25, 0.3) is 0 Å². The Morgan fingerprint density at radius 2 is 2.25 bits per heavy atom. The van der Waals surface area contributed by atoms with E-state index in [2.05, 4.69) is 20.9 Å². The van der Waals surface area contributed by atoms with Crippen molar-refractivity contribution in [2.75, 3.05) is 0 Å². The molecule has 0 fully saturated rings. The largest absolute Gasteiger partial charge is 0.463 e. The van der Waals surface area contributed by atoms with Gasteiger partial charge in [-0.05, 0) is 46.6 Å². The lowest BCUT2D eigenvalue weighted by molar-refractivity contribution is 0.580. The second kappa shape index (κ2) is 3.49. The molecule has 0 saturated carbocycles. The number of halogens is 1. The number of pyridine rings is 1. The number of aryl methyl sites for hydroxylation is 1. The van der Waals surface area contributed by atoms with Gasteiger partial charge in [0.05, 0.1) is 6.26 Å². The van der Waals surface area contributed by atoms with Crippen LogP contribution in [0.15, 0.2) is 45.7 Å². The van der Waals surface area contributed by atoms with Gasteiger partial charge in [-0.1, -0.05) is 0 Å². The lowest BCUT2D eigenvalue weighted by Crippen LogP contribution is -1.85. The minimum Gasteiger partial charge on any atom is -0.463 e. The number of rotatable bonds is 1. The van der Waals surface area contributed by atoms with Crippen LogP contribution >= 0.6 is 15.9 Å². The average Bonchev–Trinajstić information content (AvgIpc) is 2.86. The average molecular weight is 277 g/mol. The van der Waals surface area contributed by atoms with Gasteiger partial charge in [-0.2, -0.15) is 0 Å². The van der Waals surface area contributed by atoms with Gasteiger partial charge in [0.15, 0.2) is 5.76 Å². The zero-order chi connectivity index (χ0) is 11.1. The van der Waals surface area contributed by atoms with Gasteiger partial charge < -0.3 is 8.82 Å². The molecule has 0 aliphatic carbocycles. The van der Waals surface area contributed by atoms with E-state index in [0.29, 0.717) is 0 Å². The Morgan fingerprint density at radius 3 is 3.00 bits per heavy atom.